The van der Waals surface area contributed by atoms with Gasteiger partial charge in [-0.3, -0.25) is 9.59 Å². The normalized spacial score (nSPS) is 10.2. The lowest BCUT2D eigenvalue weighted by Gasteiger charge is -2.05. The van der Waals surface area contributed by atoms with E-state index < -0.39 is 5.97 Å². The highest BCUT2D eigenvalue weighted by atomic mass is 32.2. The Morgan fingerprint density at radius 2 is 1.84 bits per heavy atom. The Labute approximate surface area is 117 Å². The number of hydrogen-bond donors (Lipinski definition) is 2. The molecule has 0 aromatic heterocycles. The van der Waals surface area contributed by atoms with E-state index in [4.69, 9.17) is 5.11 Å². The van der Waals surface area contributed by atoms with Gasteiger partial charge in [0.2, 0.25) is 0 Å². The molecule has 0 heterocycles. The van der Waals surface area contributed by atoms with Crippen LogP contribution in [0.15, 0.2) is 29.2 Å². The second kappa shape index (κ2) is 8.58. The average Bonchev–Trinajstić information content (AvgIpc) is 2.42. The molecule has 2 N–H and O–H groups in total. The number of carbonyl (C=O) groups excluding carboxylic acids is 1. The van der Waals surface area contributed by atoms with Gasteiger partial charge in [0, 0.05) is 23.4 Å². The van der Waals surface area contributed by atoms with E-state index in [1.165, 1.54) is 0 Å². The Hall–Kier alpha value is -1.49. The highest BCUT2D eigenvalue weighted by molar-refractivity contribution is 7.98. The Balaban J connectivity index is 2.21. The highest BCUT2D eigenvalue weighted by Gasteiger charge is 2.04. The summed E-state index contributed by atoms with van der Waals surface area (Å²) in [7, 11) is 0. The number of thioether (sulfide) groups is 1. The summed E-state index contributed by atoms with van der Waals surface area (Å²) >= 11 is 1.64. The zero-order valence-corrected chi connectivity index (χ0v) is 11.8. The second-order valence-corrected chi connectivity index (χ2v) is 5.07. The molecule has 0 unspecified atom stereocenters. The molecule has 0 aliphatic carbocycles. The zero-order chi connectivity index (χ0) is 14.1. The third-order valence-electron chi connectivity index (χ3n) is 2.71. The first kappa shape index (κ1) is 15.6. The van der Waals surface area contributed by atoms with Crippen LogP contribution < -0.4 is 5.32 Å². The first-order valence-electron chi connectivity index (χ1n) is 6.27. The summed E-state index contributed by atoms with van der Waals surface area (Å²) in [4.78, 5) is 23.2. The first-order chi connectivity index (χ1) is 9.13. The van der Waals surface area contributed by atoms with E-state index in [9.17, 15) is 9.59 Å². The topological polar surface area (TPSA) is 66.4 Å². The fraction of sp³-hybridized carbons (Fsp3) is 0.429. The fourth-order valence-electron chi connectivity index (χ4n) is 1.62. The van der Waals surface area contributed by atoms with Crippen LogP contribution in [-0.2, 0) is 4.79 Å². The van der Waals surface area contributed by atoms with Crippen LogP contribution >= 0.6 is 11.8 Å². The molecule has 0 fully saturated rings. The lowest BCUT2D eigenvalue weighted by Crippen LogP contribution is -2.24. The Morgan fingerprint density at radius 1 is 1.16 bits per heavy atom. The molecular weight excluding hydrogens is 262 g/mol. The van der Waals surface area contributed by atoms with E-state index in [2.05, 4.69) is 5.32 Å². The number of carboxylic acids is 1. The molecule has 19 heavy (non-hydrogen) atoms. The summed E-state index contributed by atoms with van der Waals surface area (Å²) in [6.45, 7) is 0.586. The molecule has 4 nitrogen and oxygen atoms in total. The number of unbranched alkanes of at least 4 members (excludes halogenated alkanes) is 2. The number of nitrogens with one attached hydrogen (secondary N) is 1. The summed E-state index contributed by atoms with van der Waals surface area (Å²) in [6, 6.07) is 7.47. The third kappa shape index (κ3) is 6.29. The van der Waals surface area contributed by atoms with Crippen LogP contribution in [0.1, 0.15) is 36.0 Å². The molecule has 104 valence electrons. The van der Waals surface area contributed by atoms with Crippen molar-refractivity contribution in [3.8, 4) is 0 Å². The van der Waals surface area contributed by atoms with Crippen LogP contribution in [0.5, 0.6) is 0 Å². The van der Waals surface area contributed by atoms with Crippen molar-refractivity contribution in [1.29, 1.82) is 0 Å². The van der Waals surface area contributed by atoms with Gasteiger partial charge in [0.25, 0.3) is 5.91 Å². The molecule has 0 saturated carbocycles. The summed E-state index contributed by atoms with van der Waals surface area (Å²) < 4.78 is 0. The quantitative estimate of drug-likeness (QED) is 0.568. The van der Waals surface area contributed by atoms with Gasteiger partial charge in [-0.1, -0.05) is 6.42 Å². The van der Waals surface area contributed by atoms with Gasteiger partial charge in [-0.05, 0) is 43.4 Å². The average molecular weight is 281 g/mol. The monoisotopic (exact) mass is 281 g/mol. The van der Waals surface area contributed by atoms with Crippen LogP contribution in [0.2, 0.25) is 0 Å². The van der Waals surface area contributed by atoms with Gasteiger partial charge in [0.1, 0.15) is 0 Å². The summed E-state index contributed by atoms with van der Waals surface area (Å²) in [5.74, 6) is -0.844. The summed E-state index contributed by atoms with van der Waals surface area (Å²) in [5, 5.41) is 11.3. The molecular formula is C14H19NO3S. The van der Waals surface area contributed by atoms with Crippen LogP contribution in [0.25, 0.3) is 0 Å². The molecule has 1 amide bonds. The maximum atomic E-state index is 11.8. The molecule has 0 radical (unpaired) electrons. The van der Waals surface area contributed by atoms with Gasteiger partial charge >= 0.3 is 5.97 Å². The van der Waals surface area contributed by atoms with Crippen molar-refractivity contribution in [3.63, 3.8) is 0 Å². The smallest absolute Gasteiger partial charge is 0.303 e. The van der Waals surface area contributed by atoms with Gasteiger partial charge in [-0.15, -0.1) is 11.8 Å². The fourth-order valence-corrected chi connectivity index (χ4v) is 2.03. The van der Waals surface area contributed by atoms with E-state index in [-0.39, 0.29) is 12.3 Å². The Kier molecular flexibility index (Phi) is 7.03. The van der Waals surface area contributed by atoms with Crippen LogP contribution in [-0.4, -0.2) is 29.8 Å². The molecule has 0 spiro atoms. The Bertz CT molecular complexity index is 417. The lowest BCUT2D eigenvalue weighted by molar-refractivity contribution is -0.137. The molecule has 1 rings (SSSR count). The van der Waals surface area contributed by atoms with Crippen molar-refractivity contribution in [3.05, 3.63) is 29.8 Å². The molecule has 1 aromatic carbocycles. The molecule has 0 aliphatic rings. The molecule has 1 aromatic rings. The SMILES string of the molecule is CSc1ccc(C(=O)NCCCCCC(=O)O)cc1. The predicted molar refractivity (Wildman–Crippen MR) is 76.7 cm³/mol. The number of aliphatic carboxylic acids is 1. The molecule has 0 aliphatic heterocycles. The number of hydrogen-bond acceptors (Lipinski definition) is 3. The predicted octanol–water partition coefficient (Wildman–Crippen LogP) is 2.78. The minimum Gasteiger partial charge on any atom is -0.481 e. The Morgan fingerprint density at radius 3 is 2.42 bits per heavy atom. The van der Waals surface area contributed by atoms with Gasteiger partial charge in [0.05, 0.1) is 0 Å². The highest BCUT2D eigenvalue weighted by Crippen LogP contribution is 2.14. The van der Waals surface area contributed by atoms with E-state index in [1.54, 1.807) is 11.8 Å². The first-order valence-corrected chi connectivity index (χ1v) is 7.50. The maximum absolute atomic E-state index is 11.8. The standard InChI is InChI=1S/C14H19NO3S/c1-19-12-8-6-11(7-9-12)14(18)15-10-4-2-3-5-13(16)17/h6-9H,2-5,10H2,1H3,(H,15,18)(H,16,17). The van der Waals surface area contributed by atoms with Crippen molar-refractivity contribution in [2.75, 3.05) is 12.8 Å². The number of amides is 1. The third-order valence-corrected chi connectivity index (χ3v) is 3.45. The number of rotatable bonds is 8. The van der Waals surface area contributed by atoms with Crippen molar-refractivity contribution >= 4 is 23.6 Å². The van der Waals surface area contributed by atoms with Crippen molar-refractivity contribution < 1.29 is 14.7 Å². The van der Waals surface area contributed by atoms with Crippen LogP contribution in [0, 0.1) is 0 Å². The summed E-state index contributed by atoms with van der Waals surface area (Å²) in [6.07, 6.45) is 4.48. The molecule has 0 saturated heterocycles. The van der Waals surface area contributed by atoms with Crippen molar-refractivity contribution in [2.24, 2.45) is 0 Å². The van der Waals surface area contributed by atoms with Crippen molar-refractivity contribution in [1.82, 2.24) is 5.32 Å². The largest absolute Gasteiger partial charge is 0.481 e. The number of benzene rings is 1. The van der Waals surface area contributed by atoms with E-state index >= 15 is 0 Å². The van der Waals surface area contributed by atoms with Gasteiger partial charge in [0.15, 0.2) is 0 Å². The van der Waals surface area contributed by atoms with E-state index in [0.717, 1.165) is 17.7 Å². The minimum atomic E-state index is -0.766. The summed E-state index contributed by atoms with van der Waals surface area (Å²) in [5.41, 5.74) is 0.656. The molecule has 0 bridgehead atoms. The van der Waals surface area contributed by atoms with Crippen LogP contribution in [0.4, 0.5) is 0 Å². The van der Waals surface area contributed by atoms with Gasteiger partial charge in [-0.2, -0.15) is 0 Å². The number of carboxylic acid groups (broad SMARTS) is 1. The lowest BCUT2D eigenvalue weighted by atomic mass is 10.2. The second-order valence-electron chi connectivity index (χ2n) is 4.19. The zero-order valence-electron chi connectivity index (χ0n) is 11.0. The van der Waals surface area contributed by atoms with E-state index in [1.807, 2.05) is 30.5 Å². The van der Waals surface area contributed by atoms with Crippen LogP contribution in [0.3, 0.4) is 0 Å². The maximum Gasteiger partial charge on any atom is 0.303 e. The molecule has 0 atom stereocenters. The van der Waals surface area contributed by atoms with Crippen molar-refractivity contribution in [2.45, 2.75) is 30.6 Å². The van der Waals surface area contributed by atoms with E-state index in [0.29, 0.717) is 18.5 Å². The van der Waals surface area contributed by atoms with Gasteiger partial charge in [-0.25, -0.2) is 0 Å². The number of carbonyl (C=O) groups is 2. The minimum absolute atomic E-state index is 0.0779. The molecule has 5 heteroatoms. The van der Waals surface area contributed by atoms with Gasteiger partial charge < -0.3 is 10.4 Å².